The molecule has 0 aromatic rings. The minimum Gasteiger partial charge on any atom is -0.460 e. The molecule has 2 heterocycles. The lowest BCUT2D eigenvalue weighted by Gasteiger charge is -2.31. The van der Waals surface area contributed by atoms with Crippen LogP contribution in [0.2, 0.25) is 0 Å². The average Bonchev–Trinajstić information content (AvgIpc) is 2.71. The Kier molecular flexibility index (Phi) is 3.12. The Morgan fingerprint density at radius 3 is 2.22 bits per heavy atom. The molecule has 104 valence electrons. The number of hydrogen-bond acceptors (Lipinski definition) is 3. The van der Waals surface area contributed by atoms with Gasteiger partial charge in [-0.05, 0) is 33.6 Å². The first-order chi connectivity index (χ1) is 8.09. The second-order valence-electron chi connectivity index (χ2n) is 6.08. The number of rotatable bonds is 1. The molecule has 0 saturated carbocycles. The summed E-state index contributed by atoms with van der Waals surface area (Å²) in [5, 5.41) is 2.88. The summed E-state index contributed by atoms with van der Waals surface area (Å²) in [6.45, 7) is 4.98. The first-order valence-electron chi connectivity index (χ1n) is 6.15. The van der Waals surface area contributed by atoms with Gasteiger partial charge < -0.3 is 10.1 Å². The first-order valence-corrected chi connectivity index (χ1v) is 6.15. The summed E-state index contributed by atoms with van der Waals surface area (Å²) in [7, 11) is 0. The molecule has 2 fully saturated rings. The van der Waals surface area contributed by atoms with Crippen LogP contribution in [0.5, 0.6) is 0 Å². The van der Waals surface area contributed by atoms with E-state index in [0.29, 0.717) is 12.8 Å². The van der Waals surface area contributed by atoms with Crippen LogP contribution in [-0.4, -0.2) is 29.8 Å². The van der Waals surface area contributed by atoms with Crippen molar-refractivity contribution >= 4 is 5.97 Å². The third kappa shape index (κ3) is 2.48. The summed E-state index contributed by atoms with van der Waals surface area (Å²) in [4.78, 5) is 11.9. The summed E-state index contributed by atoms with van der Waals surface area (Å²) in [5.74, 6) is -3.43. The number of nitrogens with one attached hydrogen (secondary N) is 1. The van der Waals surface area contributed by atoms with Crippen LogP contribution in [0.4, 0.5) is 13.2 Å². The molecular formula is C12H18F3NO2. The van der Waals surface area contributed by atoms with Crippen molar-refractivity contribution in [2.24, 2.45) is 11.8 Å². The molecule has 18 heavy (non-hydrogen) atoms. The van der Waals surface area contributed by atoms with Crippen LogP contribution in [0, 0.1) is 11.8 Å². The maximum Gasteiger partial charge on any atom is 0.394 e. The van der Waals surface area contributed by atoms with Gasteiger partial charge in [-0.1, -0.05) is 0 Å². The Balaban J connectivity index is 2.17. The number of carbonyl (C=O) groups excluding carboxylic acids is 1. The van der Waals surface area contributed by atoms with Crippen LogP contribution in [0.25, 0.3) is 0 Å². The Morgan fingerprint density at radius 2 is 1.72 bits per heavy atom. The summed E-state index contributed by atoms with van der Waals surface area (Å²) in [6, 6.07) is -1.02. The highest BCUT2D eigenvalue weighted by molar-refractivity contribution is 5.75. The van der Waals surface area contributed by atoms with Gasteiger partial charge in [-0.15, -0.1) is 0 Å². The monoisotopic (exact) mass is 265 g/mol. The molecular weight excluding hydrogens is 247 g/mol. The maximum atomic E-state index is 13.0. The Morgan fingerprint density at radius 1 is 1.17 bits per heavy atom. The third-order valence-corrected chi connectivity index (χ3v) is 3.53. The van der Waals surface area contributed by atoms with Crippen molar-refractivity contribution in [3.05, 3.63) is 0 Å². The Labute approximate surface area is 104 Å². The molecule has 0 aromatic carbocycles. The molecule has 0 unspecified atom stereocenters. The second kappa shape index (κ2) is 4.11. The van der Waals surface area contributed by atoms with Crippen molar-refractivity contribution in [3.63, 3.8) is 0 Å². The maximum absolute atomic E-state index is 13.0. The fourth-order valence-electron chi connectivity index (χ4n) is 2.98. The van der Waals surface area contributed by atoms with Gasteiger partial charge in [0, 0.05) is 12.1 Å². The van der Waals surface area contributed by atoms with Gasteiger partial charge in [-0.3, -0.25) is 4.79 Å². The largest absolute Gasteiger partial charge is 0.460 e. The molecule has 1 N–H and O–H groups in total. The molecule has 2 aliphatic rings. The third-order valence-electron chi connectivity index (χ3n) is 3.53. The molecule has 2 rings (SSSR count). The van der Waals surface area contributed by atoms with Gasteiger partial charge in [0.25, 0.3) is 0 Å². The van der Waals surface area contributed by atoms with Crippen LogP contribution < -0.4 is 5.32 Å². The molecule has 2 saturated heterocycles. The molecule has 0 spiro atoms. The fourth-order valence-corrected chi connectivity index (χ4v) is 2.98. The van der Waals surface area contributed by atoms with Crippen LogP contribution in [0.3, 0.4) is 0 Å². The molecule has 2 bridgehead atoms. The zero-order chi connectivity index (χ0) is 13.7. The van der Waals surface area contributed by atoms with E-state index in [1.807, 2.05) is 0 Å². The topological polar surface area (TPSA) is 38.3 Å². The molecule has 0 aliphatic carbocycles. The predicted octanol–water partition coefficient (Wildman–Crippen LogP) is 2.26. The van der Waals surface area contributed by atoms with Gasteiger partial charge in [-0.25, -0.2) is 0 Å². The smallest absolute Gasteiger partial charge is 0.394 e. The van der Waals surface area contributed by atoms with Crippen molar-refractivity contribution < 1.29 is 22.7 Å². The van der Waals surface area contributed by atoms with Gasteiger partial charge >= 0.3 is 12.1 Å². The number of esters is 1. The Hall–Kier alpha value is -0.780. The highest BCUT2D eigenvalue weighted by Gasteiger charge is 2.61. The zero-order valence-electron chi connectivity index (χ0n) is 10.7. The van der Waals surface area contributed by atoms with E-state index in [2.05, 4.69) is 5.32 Å². The highest BCUT2D eigenvalue weighted by Crippen LogP contribution is 2.47. The standard InChI is InChI=1S/C12H18F3NO2/c1-11(2,3)18-10(17)8-6-4-5-7(16-6)9(8)12(13,14)15/h6-9,16H,4-5H2,1-3H3/t6-,7+,8-,9+/m0/s1. The highest BCUT2D eigenvalue weighted by atomic mass is 19.4. The summed E-state index contributed by atoms with van der Waals surface area (Å²) >= 11 is 0. The van der Waals surface area contributed by atoms with Crippen molar-refractivity contribution in [3.8, 4) is 0 Å². The van der Waals surface area contributed by atoms with Crippen LogP contribution in [0.1, 0.15) is 33.6 Å². The molecule has 2 aliphatic heterocycles. The number of carbonyl (C=O) groups is 1. The number of halogens is 3. The second-order valence-corrected chi connectivity index (χ2v) is 6.08. The van der Waals surface area contributed by atoms with Crippen LogP contribution in [-0.2, 0) is 9.53 Å². The number of fused-ring (bicyclic) bond motifs is 2. The number of hydrogen-bond donors (Lipinski definition) is 1. The van der Waals surface area contributed by atoms with Crippen molar-refractivity contribution in [2.45, 2.75) is 57.5 Å². The fraction of sp³-hybridized carbons (Fsp3) is 0.917. The lowest BCUT2D eigenvalue weighted by atomic mass is 9.78. The summed E-state index contributed by atoms with van der Waals surface area (Å²) < 4.78 is 44.2. The van der Waals surface area contributed by atoms with Gasteiger partial charge in [0.1, 0.15) is 5.60 Å². The van der Waals surface area contributed by atoms with Gasteiger partial charge in [0.05, 0.1) is 11.8 Å². The average molecular weight is 265 g/mol. The van der Waals surface area contributed by atoms with Gasteiger partial charge in [0.2, 0.25) is 0 Å². The number of ether oxygens (including phenoxy) is 1. The number of alkyl halides is 3. The molecule has 0 aromatic heterocycles. The zero-order valence-corrected chi connectivity index (χ0v) is 10.7. The van der Waals surface area contributed by atoms with Crippen molar-refractivity contribution in [2.75, 3.05) is 0 Å². The van der Waals surface area contributed by atoms with E-state index >= 15 is 0 Å². The lowest BCUT2D eigenvalue weighted by molar-refractivity contribution is -0.204. The molecule has 6 heteroatoms. The first kappa shape index (κ1) is 13.6. The molecule has 0 amide bonds. The van der Waals surface area contributed by atoms with Gasteiger partial charge in [0.15, 0.2) is 0 Å². The SMILES string of the molecule is CC(C)(C)OC(=O)[C@@H]1[C@H](C(F)(F)F)[C@H]2CC[C@@H]1N2. The summed E-state index contributed by atoms with van der Waals surface area (Å²) in [6.07, 6.45) is -3.26. The van der Waals surface area contributed by atoms with E-state index in [0.717, 1.165) is 0 Å². The van der Waals surface area contributed by atoms with E-state index in [4.69, 9.17) is 4.74 Å². The minimum atomic E-state index is -4.35. The minimum absolute atomic E-state index is 0.392. The van der Waals surface area contributed by atoms with E-state index in [1.54, 1.807) is 20.8 Å². The summed E-state index contributed by atoms with van der Waals surface area (Å²) in [5.41, 5.74) is -0.755. The van der Waals surface area contributed by atoms with Crippen molar-refractivity contribution in [1.29, 1.82) is 0 Å². The van der Waals surface area contributed by atoms with E-state index in [9.17, 15) is 18.0 Å². The van der Waals surface area contributed by atoms with E-state index in [-0.39, 0.29) is 0 Å². The quantitative estimate of drug-likeness (QED) is 0.739. The molecule has 4 atom stereocenters. The molecule has 0 radical (unpaired) electrons. The van der Waals surface area contributed by atoms with Crippen LogP contribution >= 0.6 is 0 Å². The normalized spacial score (nSPS) is 35.9. The van der Waals surface area contributed by atoms with E-state index in [1.165, 1.54) is 0 Å². The lowest BCUT2D eigenvalue weighted by Crippen LogP contribution is -2.44. The van der Waals surface area contributed by atoms with Crippen molar-refractivity contribution in [1.82, 2.24) is 5.32 Å². The van der Waals surface area contributed by atoms with Crippen LogP contribution in [0.15, 0.2) is 0 Å². The van der Waals surface area contributed by atoms with Gasteiger partial charge in [-0.2, -0.15) is 13.2 Å². The predicted molar refractivity (Wildman–Crippen MR) is 58.8 cm³/mol. The Bertz CT molecular complexity index is 348. The van der Waals surface area contributed by atoms with E-state index < -0.39 is 41.7 Å². The molecule has 3 nitrogen and oxygen atoms in total.